The molecule has 128 valence electrons. The van der Waals surface area contributed by atoms with E-state index < -0.39 is 17.6 Å². The summed E-state index contributed by atoms with van der Waals surface area (Å²) in [6, 6.07) is 3.47. The maximum absolute atomic E-state index is 13.2. The Morgan fingerprint density at radius 3 is 2.61 bits per heavy atom. The number of amides is 1. The Hall–Kier alpha value is -1.67. The third kappa shape index (κ3) is 4.20. The van der Waals surface area contributed by atoms with Gasteiger partial charge in [0.15, 0.2) is 0 Å². The fourth-order valence-electron chi connectivity index (χ4n) is 2.79. The van der Waals surface area contributed by atoms with Crippen LogP contribution < -0.4 is 5.54 Å². The van der Waals surface area contributed by atoms with E-state index in [4.69, 9.17) is 0 Å². The summed E-state index contributed by atoms with van der Waals surface area (Å²) in [5.41, 5.74) is -0.309. The van der Waals surface area contributed by atoms with Crippen molar-refractivity contribution >= 4 is 5.91 Å². The van der Waals surface area contributed by atoms with Crippen molar-refractivity contribution in [2.75, 3.05) is 27.2 Å². The van der Waals surface area contributed by atoms with E-state index in [9.17, 15) is 22.4 Å². The van der Waals surface area contributed by atoms with E-state index in [1.165, 1.54) is 12.1 Å². The molecule has 4 nitrogen and oxygen atoms in total. The molecule has 0 aliphatic carbocycles. The Labute approximate surface area is 132 Å². The molecule has 1 unspecified atom stereocenters. The highest BCUT2D eigenvalue weighted by molar-refractivity contribution is 5.93. The van der Waals surface area contributed by atoms with Crippen molar-refractivity contribution in [1.29, 1.82) is 0 Å². The molecule has 1 atom stereocenters. The standard InChI is InChI=1S/C15H19F4N3O/c1-21(2)12-5-6-22(9-12)8-11-4-3-10(14(23)20-19)7-13(11)15(16,17)18/h3-4,7,12H,5-6,8-9H2,1-2H3,(H,20,23). The highest BCUT2D eigenvalue weighted by atomic mass is 19.4. The lowest BCUT2D eigenvalue weighted by Gasteiger charge is -2.22. The topological polar surface area (TPSA) is 35.6 Å². The molecular weight excluding hydrogens is 314 g/mol. The van der Waals surface area contributed by atoms with Gasteiger partial charge in [0, 0.05) is 31.2 Å². The summed E-state index contributed by atoms with van der Waals surface area (Å²) in [5, 5.41) is 0. The van der Waals surface area contributed by atoms with Gasteiger partial charge in [-0.15, -0.1) is 0 Å². The number of hydrogen-bond acceptors (Lipinski definition) is 3. The number of rotatable bonds is 4. The first-order chi connectivity index (χ1) is 10.7. The maximum Gasteiger partial charge on any atom is 0.416 e. The Morgan fingerprint density at radius 1 is 1.39 bits per heavy atom. The highest BCUT2D eigenvalue weighted by Crippen LogP contribution is 2.34. The number of likely N-dealkylation sites (tertiary alicyclic amines) is 1. The maximum atomic E-state index is 13.2. The Morgan fingerprint density at radius 2 is 2.09 bits per heavy atom. The Kier molecular flexibility index (Phi) is 5.26. The van der Waals surface area contributed by atoms with Gasteiger partial charge in [-0.1, -0.05) is 10.5 Å². The first kappa shape index (κ1) is 17.7. The summed E-state index contributed by atoms with van der Waals surface area (Å²) in [5.74, 6) is -1.18. The molecule has 1 heterocycles. The van der Waals surface area contributed by atoms with Crippen LogP contribution in [0, 0.1) is 0 Å². The molecule has 1 saturated heterocycles. The molecule has 2 rings (SSSR count). The molecule has 1 N–H and O–H groups in total. The van der Waals surface area contributed by atoms with Gasteiger partial charge in [0.25, 0.3) is 5.91 Å². The average molecular weight is 333 g/mol. The number of hydrogen-bond donors (Lipinski definition) is 1. The van der Waals surface area contributed by atoms with Crippen LogP contribution in [0.15, 0.2) is 18.2 Å². The molecule has 1 aromatic carbocycles. The third-order valence-corrected chi connectivity index (χ3v) is 4.14. The number of carbonyl (C=O) groups is 1. The summed E-state index contributed by atoms with van der Waals surface area (Å²) in [7, 11) is 3.89. The largest absolute Gasteiger partial charge is 0.416 e. The summed E-state index contributed by atoms with van der Waals surface area (Å²) < 4.78 is 51.8. The Balaban J connectivity index is 2.23. The molecule has 23 heavy (non-hydrogen) atoms. The van der Waals surface area contributed by atoms with Crippen LogP contribution in [0.3, 0.4) is 0 Å². The van der Waals surface area contributed by atoms with Gasteiger partial charge in [0.05, 0.1) is 5.56 Å². The van der Waals surface area contributed by atoms with E-state index in [1.807, 2.05) is 19.0 Å². The summed E-state index contributed by atoms with van der Waals surface area (Å²) in [6.45, 7) is 1.56. The van der Waals surface area contributed by atoms with Crippen molar-refractivity contribution in [3.63, 3.8) is 0 Å². The summed E-state index contributed by atoms with van der Waals surface area (Å²) >= 11 is 0. The van der Waals surface area contributed by atoms with Crippen molar-refractivity contribution in [3.05, 3.63) is 34.9 Å². The lowest BCUT2D eigenvalue weighted by atomic mass is 10.0. The molecule has 1 fully saturated rings. The second-order valence-electron chi connectivity index (χ2n) is 5.93. The van der Waals surface area contributed by atoms with Crippen LogP contribution in [0.25, 0.3) is 0 Å². The van der Waals surface area contributed by atoms with Crippen molar-refractivity contribution in [1.82, 2.24) is 15.3 Å². The van der Waals surface area contributed by atoms with Crippen LogP contribution >= 0.6 is 0 Å². The molecular formula is C15H19F4N3O. The zero-order valence-electron chi connectivity index (χ0n) is 13.0. The minimum atomic E-state index is -4.59. The van der Waals surface area contributed by atoms with Crippen LogP contribution in [0.4, 0.5) is 17.7 Å². The van der Waals surface area contributed by atoms with Crippen LogP contribution in [0.2, 0.25) is 0 Å². The number of nitrogens with one attached hydrogen (secondary N) is 1. The molecule has 1 aliphatic rings. The van der Waals surface area contributed by atoms with E-state index in [0.717, 1.165) is 12.0 Å². The fourth-order valence-corrected chi connectivity index (χ4v) is 2.79. The van der Waals surface area contributed by atoms with E-state index in [0.29, 0.717) is 25.2 Å². The van der Waals surface area contributed by atoms with Crippen molar-refractivity contribution in [2.45, 2.75) is 25.2 Å². The molecule has 1 aliphatic heterocycles. The second kappa shape index (κ2) is 6.84. The van der Waals surface area contributed by atoms with E-state index in [-0.39, 0.29) is 17.7 Å². The van der Waals surface area contributed by atoms with Crippen molar-refractivity contribution in [2.24, 2.45) is 0 Å². The van der Waals surface area contributed by atoms with Gasteiger partial charge < -0.3 is 4.90 Å². The number of halogens is 4. The van der Waals surface area contributed by atoms with Crippen LogP contribution in [0.1, 0.15) is 27.9 Å². The van der Waals surface area contributed by atoms with Crippen molar-refractivity contribution < 1.29 is 22.4 Å². The van der Waals surface area contributed by atoms with Gasteiger partial charge in [-0.2, -0.15) is 18.7 Å². The summed E-state index contributed by atoms with van der Waals surface area (Å²) in [4.78, 5) is 15.2. The minimum absolute atomic E-state index is 0.0901. The Bertz CT molecular complexity index is 574. The number of benzene rings is 1. The van der Waals surface area contributed by atoms with Gasteiger partial charge in [0.2, 0.25) is 0 Å². The number of likely N-dealkylation sites (N-methyl/N-ethyl adjacent to an activating group) is 1. The highest BCUT2D eigenvalue weighted by Gasteiger charge is 2.35. The van der Waals surface area contributed by atoms with Crippen LogP contribution in [0.5, 0.6) is 0 Å². The van der Waals surface area contributed by atoms with Gasteiger partial charge in [-0.25, -0.2) is 0 Å². The van der Waals surface area contributed by atoms with Crippen molar-refractivity contribution in [3.8, 4) is 0 Å². The second-order valence-corrected chi connectivity index (χ2v) is 5.93. The summed E-state index contributed by atoms with van der Waals surface area (Å²) in [6.07, 6.45) is -3.70. The minimum Gasteiger partial charge on any atom is -0.305 e. The van der Waals surface area contributed by atoms with Gasteiger partial charge in [-0.3, -0.25) is 9.69 Å². The smallest absolute Gasteiger partial charge is 0.305 e. The monoisotopic (exact) mass is 333 g/mol. The van der Waals surface area contributed by atoms with Gasteiger partial charge in [0.1, 0.15) is 0 Å². The number of nitrogens with zero attached hydrogens (tertiary/aromatic N) is 2. The number of carbonyl (C=O) groups excluding carboxylic acids is 1. The number of alkyl halides is 3. The average Bonchev–Trinajstić information content (AvgIpc) is 2.94. The first-order valence-electron chi connectivity index (χ1n) is 7.22. The lowest BCUT2D eigenvalue weighted by Crippen LogP contribution is -2.31. The van der Waals surface area contributed by atoms with E-state index >= 15 is 0 Å². The molecule has 0 bridgehead atoms. The quantitative estimate of drug-likeness (QED) is 0.679. The van der Waals surface area contributed by atoms with Gasteiger partial charge in [-0.05, 0) is 38.2 Å². The van der Waals surface area contributed by atoms with E-state index in [2.05, 4.69) is 4.90 Å². The zero-order chi connectivity index (χ0) is 17.2. The lowest BCUT2D eigenvalue weighted by molar-refractivity contribution is -0.138. The predicted octanol–water partition coefficient (Wildman–Crippen LogP) is 2.46. The molecule has 0 radical (unpaired) electrons. The predicted molar refractivity (Wildman–Crippen MR) is 77.4 cm³/mol. The first-order valence-corrected chi connectivity index (χ1v) is 7.22. The SMILES string of the molecule is CN(C)C1CCN(Cc2ccc(C(=O)NF)cc2C(F)(F)F)C1. The normalized spacial score (nSPS) is 19.3. The molecule has 0 saturated carbocycles. The molecule has 0 aromatic heterocycles. The molecule has 1 amide bonds. The molecule has 1 aromatic rings. The van der Waals surface area contributed by atoms with Gasteiger partial charge >= 0.3 is 6.18 Å². The zero-order valence-corrected chi connectivity index (χ0v) is 13.0. The van der Waals surface area contributed by atoms with E-state index in [1.54, 1.807) is 0 Å². The third-order valence-electron chi connectivity index (χ3n) is 4.14. The fraction of sp³-hybridized carbons (Fsp3) is 0.533. The molecule has 8 heteroatoms. The van der Waals surface area contributed by atoms with Crippen LogP contribution in [-0.2, 0) is 12.7 Å². The molecule has 0 spiro atoms. The van der Waals surface area contributed by atoms with Crippen LogP contribution in [-0.4, -0.2) is 48.9 Å².